The first-order valence-corrected chi connectivity index (χ1v) is 4.56. The van der Waals surface area contributed by atoms with Crippen LogP contribution in [-0.4, -0.2) is 17.9 Å². The van der Waals surface area contributed by atoms with Gasteiger partial charge >= 0.3 is 5.97 Å². The van der Waals surface area contributed by atoms with Crippen LogP contribution in [0.15, 0.2) is 12.2 Å². The molecule has 3 nitrogen and oxygen atoms in total. The third-order valence-corrected chi connectivity index (χ3v) is 2.81. The molecule has 0 spiro atoms. The van der Waals surface area contributed by atoms with Crippen LogP contribution < -0.4 is 0 Å². The van der Waals surface area contributed by atoms with Crippen LogP contribution >= 0.6 is 0 Å². The van der Waals surface area contributed by atoms with E-state index in [0.717, 1.165) is 12.8 Å². The van der Waals surface area contributed by atoms with Gasteiger partial charge in [-0.05, 0) is 12.8 Å². The Kier molecular flexibility index (Phi) is 1.94. The summed E-state index contributed by atoms with van der Waals surface area (Å²) < 4.78 is 4.95. The molecule has 13 heavy (non-hydrogen) atoms. The average Bonchev–Trinajstić information content (AvgIpc) is 2.13. The normalized spacial score (nSPS) is 36.4. The molecule has 0 aromatic rings. The Bertz CT molecular complexity index is 280. The minimum absolute atomic E-state index is 0.101. The number of carbonyl (C=O) groups is 2. The first kappa shape index (κ1) is 8.48. The molecule has 1 saturated carbocycles. The zero-order chi connectivity index (χ0) is 9.42. The highest BCUT2D eigenvalue weighted by atomic mass is 16.5. The minimum atomic E-state index is -0.451. The third kappa shape index (κ3) is 1.28. The lowest BCUT2D eigenvalue weighted by atomic mass is 9.64. The number of ketones is 1. The number of fused-ring (bicyclic) bond motifs is 1. The number of allylic oxidation sites excluding steroid dienone is 2. The van der Waals surface area contributed by atoms with Crippen molar-refractivity contribution in [3.8, 4) is 0 Å². The van der Waals surface area contributed by atoms with Gasteiger partial charge in [-0.1, -0.05) is 12.2 Å². The zero-order valence-corrected chi connectivity index (χ0v) is 7.53. The van der Waals surface area contributed by atoms with Crippen LogP contribution in [0.2, 0.25) is 0 Å². The standard InChI is InChI=1S/C10H12O3/c1-6(11)13-10-8-5-3-2-4-7(8)9(10)12/h2-3,7-8,10H,4-5H2,1H3/t7-,8+,10?/m0/s1. The van der Waals surface area contributed by atoms with E-state index in [1.165, 1.54) is 6.92 Å². The van der Waals surface area contributed by atoms with Crippen molar-refractivity contribution in [2.75, 3.05) is 0 Å². The molecule has 3 heteroatoms. The number of hydrogen-bond donors (Lipinski definition) is 0. The summed E-state index contributed by atoms with van der Waals surface area (Å²) in [6, 6.07) is 0. The second-order valence-corrected chi connectivity index (χ2v) is 3.65. The highest BCUT2D eigenvalue weighted by molar-refractivity contribution is 5.94. The van der Waals surface area contributed by atoms with Crippen molar-refractivity contribution < 1.29 is 14.3 Å². The highest BCUT2D eigenvalue weighted by Crippen LogP contribution is 2.41. The topological polar surface area (TPSA) is 43.4 Å². The molecule has 0 N–H and O–H groups in total. The van der Waals surface area contributed by atoms with Crippen LogP contribution in [0.5, 0.6) is 0 Å². The Balaban J connectivity index is 2.04. The smallest absolute Gasteiger partial charge is 0.303 e. The van der Waals surface area contributed by atoms with E-state index in [4.69, 9.17) is 4.74 Å². The summed E-state index contributed by atoms with van der Waals surface area (Å²) in [7, 11) is 0. The maximum atomic E-state index is 11.4. The summed E-state index contributed by atoms with van der Waals surface area (Å²) in [6.07, 6.45) is 5.33. The van der Waals surface area contributed by atoms with Crippen molar-refractivity contribution in [3.63, 3.8) is 0 Å². The quantitative estimate of drug-likeness (QED) is 0.448. The molecule has 0 aromatic carbocycles. The lowest BCUT2D eigenvalue weighted by molar-refractivity contribution is -0.172. The fourth-order valence-corrected chi connectivity index (χ4v) is 2.12. The van der Waals surface area contributed by atoms with Crippen LogP contribution in [-0.2, 0) is 14.3 Å². The van der Waals surface area contributed by atoms with Gasteiger partial charge in [0.25, 0.3) is 0 Å². The van der Waals surface area contributed by atoms with Crippen molar-refractivity contribution in [1.29, 1.82) is 0 Å². The third-order valence-electron chi connectivity index (χ3n) is 2.81. The number of esters is 1. The molecule has 0 radical (unpaired) electrons. The summed E-state index contributed by atoms with van der Waals surface area (Å²) in [6.45, 7) is 1.35. The van der Waals surface area contributed by atoms with Crippen molar-refractivity contribution in [3.05, 3.63) is 12.2 Å². The fraction of sp³-hybridized carbons (Fsp3) is 0.600. The van der Waals surface area contributed by atoms with E-state index in [9.17, 15) is 9.59 Å². The first-order valence-electron chi connectivity index (χ1n) is 4.56. The second-order valence-electron chi connectivity index (χ2n) is 3.65. The van der Waals surface area contributed by atoms with Crippen molar-refractivity contribution in [2.45, 2.75) is 25.9 Å². The molecule has 0 aromatic heterocycles. The van der Waals surface area contributed by atoms with Gasteiger partial charge in [0.15, 0.2) is 11.9 Å². The highest BCUT2D eigenvalue weighted by Gasteiger charge is 2.51. The molecule has 70 valence electrons. The fourth-order valence-electron chi connectivity index (χ4n) is 2.12. The van der Waals surface area contributed by atoms with Gasteiger partial charge in [0.05, 0.1) is 0 Å². The Labute approximate surface area is 76.8 Å². The van der Waals surface area contributed by atoms with Gasteiger partial charge in [-0.2, -0.15) is 0 Å². The number of hydrogen-bond acceptors (Lipinski definition) is 3. The van der Waals surface area contributed by atoms with Gasteiger partial charge in [-0.3, -0.25) is 9.59 Å². The van der Waals surface area contributed by atoms with Gasteiger partial charge in [-0.25, -0.2) is 0 Å². The summed E-state index contributed by atoms with van der Waals surface area (Å²) in [4.78, 5) is 22.1. The molecule has 2 rings (SSSR count). The monoisotopic (exact) mass is 180 g/mol. The molecule has 3 atom stereocenters. The Hall–Kier alpha value is -1.12. The molecular formula is C10H12O3. The molecule has 1 unspecified atom stereocenters. The van der Waals surface area contributed by atoms with Crippen LogP contribution in [0.1, 0.15) is 19.8 Å². The lowest BCUT2D eigenvalue weighted by Gasteiger charge is -2.42. The largest absolute Gasteiger partial charge is 0.454 e. The summed E-state index contributed by atoms with van der Waals surface area (Å²) >= 11 is 0. The number of rotatable bonds is 1. The second kappa shape index (κ2) is 2.98. The molecule has 0 bridgehead atoms. The predicted molar refractivity (Wildman–Crippen MR) is 45.9 cm³/mol. The van der Waals surface area contributed by atoms with E-state index in [-0.39, 0.29) is 23.6 Å². The predicted octanol–water partition coefficient (Wildman–Crippen LogP) is 1.08. The van der Waals surface area contributed by atoms with E-state index in [1.54, 1.807) is 0 Å². The Morgan fingerprint density at radius 2 is 2.15 bits per heavy atom. The summed E-state index contributed by atoms with van der Waals surface area (Å²) in [5, 5.41) is 0. The molecule has 0 saturated heterocycles. The Morgan fingerprint density at radius 3 is 2.85 bits per heavy atom. The van der Waals surface area contributed by atoms with E-state index < -0.39 is 6.10 Å². The van der Waals surface area contributed by atoms with Crippen LogP contribution in [0.3, 0.4) is 0 Å². The molecular weight excluding hydrogens is 168 g/mol. The molecule has 2 aliphatic carbocycles. The average molecular weight is 180 g/mol. The molecule has 1 fully saturated rings. The van der Waals surface area contributed by atoms with Gasteiger partial charge in [0.2, 0.25) is 0 Å². The van der Waals surface area contributed by atoms with Crippen molar-refractivity contribution in [1.82, 2.24) is 0 Å². The van der Waals surface area contributed by atoms with Gasteiger partial charge in [0.1, 0.15) is 0 Å². The lowest BCUT2D eigenvalue weighted by Crippen LogP contribution is -2.54. The first-order chi connectivity index (χ1) is 6.20. The molecule has 2 aliphatic rings. The Morgan fingerprint density at radius 1 is 1.46 bits per heavy atom. The number of carbonyl (C=O) groups excluding carboxylic acids is 2. The SMILES string of the molecule is CC(=O)OC1C(=O)[C@H]2CC=CC[C@@H]12. The van der Waals surface area contributed by atoms with Crippen molar-refractivity contribution >= 4 is 11.8 Å². The summed E-state index contributed by atoms with van der Waals surface area (Å²) in [5.74, 6) is 0.117. The summed E-state index contributed by atoms with van der Waals surface area (Å²) in [5.41, 5.74) is 0. The van der Waals surface area contributed by atoms with Crippen LogP contribution in [0.25, 0.3) is 0 Å². The number of Topliss-reactive ketones (excluding diaryl/α,β-unsaturated/α-hetero) is 1. The van der Waals surface area contributed by atoms with Crippen LogP contribution in [0.4, 0.5) is 0 Å². The maximum Gasteiger partial charge on any atom is 0.303 e. The molecule has 0 amide bonds. The minimum Gasteiger partial charge on any atom is -0.454 e. The maximum absolute atomic E-state index is 11.4. The van der Waals surface area contributed by atoms with Gasteiger partial charge in [0, 0.05) is 18.8 Å². The molecule has 0 aliphatic heterocycles. The van der Waals surface area contributed by atoms with Crippen LogP contribution in [0, 0.1) is 11.8 Å². The van der Waals surface area contributed by atoms with E-state index >= 15 is 0 Å². The van der Waals surface area contributed by atoms with E-state index in [2.05, 4.69) is 6.08 Å². The van der Waals surface area contributed by atoms with E-state index in [1.807, 2.05) is 6.08 Å². The zero-order valence-electron chi connectivity index (χ0n) is 7.53. The molecule has 0 heterocycles. The van der Waals surface area contributed by atoms with Gasteiger partial charge < -0.3 is 4.74 Å². The van der Waals surface area contributed by atoms with Crippen molar-refractivity contribution in [2.24, 2.45) is 11.8 Å². The van der Waals surface area contributed by atoms with Gasteiger partial charge in [-0.15, -0.1) is 0 Å². The van der Waals surface area contributed by atoms with E-state index in [0.29, 0.717) is 0 Å². The number of ether oxygens (including phenoxy) is 1.